The zero-order valence-corrected chi connectivity index (χ0v) is 12.7. The normalized spacial score (nSPS) is 12.6. The van der Waals surface area contributed by atoms with Gasteiger partial charge in [-0.3, -0.25) is 0 Å². The molecular weight excluding hydrogens is 350 g/mol. The molecule has 0 aliphatic rings. The summed E-state index contributed by atoms with van der Waals surface area (Å²) in [5, 5.41) is 0. The predicted molar refractivity (Wildman–Crippen MR) is 72.1 cm³/mol. The van der Waals surface area contributed by atoms with Gasteiger partial charge >= 0.3 is 6.18 Å². The van der Waals surface area contributed by atoms with Gasteiger partial charge in [0.2, 0.25) is 0 Å². The van der Waals surface area contributed by atoms with Gasteiger partial charge in [0, 0.05) is 11.6 Å². The molecular formula is C11H14BrClF3NO2. The molecule has 0 bridgehead atoms. The van der Waals surface area contributed by atoms with E-state index in [0.29, 0.717) is 16.0 Å². The van der Waals surface area contributed by atoms with Gasteiger partial charge in [0.25, 0.3) is 0 Å². The molecule has 0 amide bonds. The van der Waals surface area contributed by atoms with Gasteiger partial charge in [-0.15, -0.1) is 12.4 Å². The van der Waals surface area contributed by atoms with Crippen molar-refractivity contribution in [2.75, 3.05) is 14.2 Å². The second kappa shape index (κ2) is 7.21. The molecule has 1 aromatic rings. The van der Waals surface area contributed by atoms with E-state index >= 15 is 0 Å². The fraction of sp³-hybridized carbons (Fsp3) is 0.455. The summed E-state index contributed by atoms with van der Waals surface area (Å²) in [6.07, 6.45) is -5.45. The van der Waals surface area contributed by atoms with Crippen LogP contribution in [0.4, 0.5) is 13.2 Å². The van der Waals surface area contributed by atoms with E-state index < -0.39 is 18.6 Å². The largest absolute Gasteiger partial charge is 0.496 e. The van der Waals surface area contributed by atoms with Crippen LogP contribution in [0.15, 0.2) is 16.6 Å². The third kappa shape index (κ3) is 5.08. The number of hydrogen-bond donors (Lipinski definition) is 1. The number of methoxy groups -OCH3 is 2. The summed E-state index contributed by atoms with van der Waals surface area (Å²) >= 11 is 3.22. The highest BCUT2D eigenvalue weighted by atomic mass is 79.9. The Kier molecular flexibility index (Phi) is 6.96. The van der Waals surface area contributed by atoms with Crippen LogP contribution in [-0.4, -0.2) is 20.4 Å². The van der Waals surface area contributed by atoms with E-state index in [1.54, 1.807) is 0 Å². The maximum Gasteiger partial charge on any atom is 0.390 e. The van der Waals surface area contributed by atoms with Crippen LogP contribution in [0.2, 0.25) is 0 Å². The maximum atomic E-state index is 12.3. The number of benzene rings is 1. The number of rotatable bonds is 4. The molecule has 0 heterocycles. The second-order valence-electron chi connectivity index (χ2n) is 3.65. The van der Waals surface area contributed by atoms with Crippen molar-refractivity contribution in [1.82, 2.24) is 0 Å². The van der Waals surface area contributed by atoms with Gasteiger partial charge in [0.15, 0.2) is 0 Å². The molecule has 1 rings (SSSR count). The van der Waals surface area contributed by atoms with E-state index in [1.807, 2.05) is 0 Å². The lowest BCUT2D eigenvalue weighted by Gasteiger charge is -2.18. The molecule has 0 aromatic heterocycles. The van der Waals surface area contributed by atoms with Crippen LogP contribution in [0.3, 0.4) is 0 Å². The molecule has 0 radical (unpaired) electrons. The molecule has 0 saturated heterocycles. The number of nitrogens with two attached hydrogens (primary N) is 1. The molecule has 0 unspecified atom stereocenters. The van der Waals surface area contributed by atoms with Gasteiger partial charge in [-0.25, -0.2) is 0 Å². The van der Waals surface area contributed by atoms with Gasteiger partial charge in [0.1, 0.15) is 11.5 Å². The van der Waals surface area contributed by atoms with Crippen LogP contribution in [0, 0.1) is 0 Å². The molecule has 1 aromatic carbocycles. The second-order valence-corrected chi connectivity index (χ2v) is 4.51. The van der Waals surface area contributed by atoms with Gasteiger partial charge < -0.3 is 15.2 Å². The van der Waals surface area contributed by atoms with Crippen LogP contribution in [0.1, 0.15) is 18.0 Å². The Hall–Kier alpha value is -0.660. The lowest BCUT2D eigenvalue weighted by molar-refractivity contribution is -0.138. The first-order chi connectivity index (χ1) is 8.28. The molecule has 1 atom stereocenters. The molecule has 0 saturated carbocycles. The topological polar surface area (TPSA) is 44.5 Å². The molecule has 8 heteroatoms. The fourth-order valence-electron chi connectivity index (χ4n) is 1.53. The van der Waals surface area contributed by atoms with Gasteiger partial charge in [-0.1, -0.05) is 0 Å². The first-order valence-corrected chi connectivity index (χ1v) is 5.81. The highest BCUT2D eigenvalue weighted by molar-refractivity contribution is 9.10. The monoisotopic (exact) mass is 363 g/mol. The van der Waals surface area contributed by atoms with E-state index in [4.69, 9.17) is 15.2 Å². The van der Waals surface area contributed by atoms with Crippen molar-refractivity contribution >= 4 is 28.3 Å². The molecule has 3 nitrogen and oxygen atoms in total. The number of alkyl halides is 3. The quantitative estimate of drug-likeness (QED) is 0.883. The van der Waals surface area contributed by atoms with Crippen molar-refractivity contribution < 1.29 is 22.6 Å². The molecule has 110 valence electrons. The SMILES string of the molecule is COc1cc([C@H](N)CC(F)(F)F)c(OC)cc1Br.Cl. The van der Waals surface area contributed by atoms with Gasteiger partial charge in [-0.05, 0) is 28.1 Å². The summed E-state index contributed by atoms with van der Waals surface area (Å²) in [7, 11) is 2.80. The number of halogens is 5. The van der Waals surface area contributed by atoms with Crippen LogP contribution >= 0.6 is 28.3 Å². The van der Waals surface area contributed by atoms with Crippen molar-refractivity contribution in [1.29, 1.82) is 0 Å². The molecule has 19 heavy (non-hydrogen) atoms. The van der Waals surface area contributed by atoms with Crippen molar-refractivity contribution in [3.63, 3.8) is 0 Å². The first kappa shape index (κ1) is 18.3. The smallest absolute Gasteiger partial charge is 0.390 e. The first-order valence-electron chi connectivity index (χ1n) is 5.02. The molecule has 0 aliphatic heterocycles. The summed E-state index contributed by atoms with van der Waals surface area (Å²) in [6.45, 7) is 0. The Balaban J connectivity index is 0.00000324. The van der Waals surface area contributed by atoms with Crippen LogP contribution in [0.5, 0.6) is 11.5 Å². The molecule has 0 spiro atoms. The highest BCUT2D eigenvalue weighted by Gasteiger charge is 2.32. The van der Waals surface area contributed by atoms with Gasteiger partial charge in [0.05, 0.1) is 25.1 Å². The Morgan fingerprint density at radius 1 is 1.21 bits per heavy atom. The van der Waals surface area contributed by atoms with E-state index in [9.17, 15) is 13.2 Å². The van der Waals surface area contributed by atoms with E-state index in [2.05, 4.69) is 15.9 Å². The van der Waals surface area contributed by atoms with Crippen LogP contribution < -0.4 is 15.2 Å². The zero-order valence-electron chi connectivity index (χ0n) is 10.3. The standard InChI is InChI=1S/C11H13BrF3NO2.ClH/c1-17-9-4-7(12)10(18-2)3-6(9)8(16)5-11(13,14)15;/h3-4,8H,5,16H2,1-2H3;1H/t8-;/m1./s1. The third-order valence-corrected chi connectivity index (χ3v) is 2.97. The van der Waals surface area contributed by atoms with E-state index in [0.717, 1.165) is 0 Å². The Morgan fingerprint density at radius 2 is 1.74 bits per heavy atom. The molecule has 2 N–H and O–H groups in total. The van der Waals surface area contributed by atoms with Gasteiger partial charge in [-0.2, -0.15) is 13.2 Å². The van der Waals surface area contributed by atoms with E-state index in [1.165, 1.54) is 26.4 Å². The minimum Gasteiger partial charge on any atom is -0.496 e. The fourth-order valence-corrected chi connectivity index (χ4v) is 2.02. The third-order valence-electron chi connectivity index (χ3n) is 2.35. The summed E-state index contributed by atoms with van der Waals surface area (Å²) in [5.41, 5.74) is 5.82. The summed E-state index contributed by atoms with van der Waals surface area (Å²) in [4.78, 5) is 0. The number of ether oxygens (including phenoxy) is 2. The minimum atomic E-state index is -4.33. The maximum absolute atomic E-state index is 12.3. The zero-order chi connectivity index (χ0) is 13.9. The summed E-state index contributed by atoms with van der Waals surface area (Å²) in [6, 6.07) is 1.78. The molecule has 0 aliphatic carbocycles. The predicted octanol–water partition coefficient (Wildman–Crippen LogP) is 3.84. The Labute approximate surface area is 123 Å². The van der Waals surface area contributed by atoms with E-state index in [-0.39, 0.29) is 18.0 Å². The lowest BCUT2D eigenvalue weighted by Crippen LogP contribution is -2.20. The Bertz CT molecular complexity index is 429. The van der Waals surface area contributed by atoms with Crippen molar-refractivity contribution in [3.05, 3.63) is 22.2 Å². The lowest BCUT2D eigenvalue weighted by atomic mass is 10.0. The highest BCUT2D eigenvalue weighted by Crippen LogP contribution is 2.38. The molecule has 0 fully saturated rings. The van der Waals surface area contributed by atoms with Crippen molar-refractivity contribution in [2.24, 2.45) is 5.73 Å². The minimum absolute atomic E-state index is 0. The summed E-state index contributed by atoms with van der Waals surface area (Å²) in [5.74, 6) is 0.697. The van der Waals surface area contributed by atoms with Crippen LogP contribution in [0.25, 0.3) is 0 Å². The van der Waals surface area contributed by atoms with Crippen molar-refractivity contribution in [2.45, 2.75) is 18.6 Å². The average molecular weight is 365 g/mol. The number of hydrogen-bond acceptors (Lipinski definition) is 3. The summed E-state index contributed by atoms with van der Waals surface area (Å²) < 4.78 is 47.6. The van der Waals surface area contributed by atoms with Crippen LogP contribution in [-0.2, 0) is 0 Å². The van der Waals surface area contributed by atoms with Crippen molar-refractivity contribution in [3.8, 4) is 11.5 Å². The average Bonchev–Trinajstić information content (AvgIpc) is 2.26. The Morgan fingerprint density at radius 3 is 2.16 bits per heavy atom.